The Morgan fingerprint density at radius 2 is 2.14 bits per heavy atom. The van der Waals surface area contributed by atoms with E-state index in [2.05, 4.69) is 20.0 Å². The third kappa shape index (κ3) is 4.80. The van der Waals surface area contributed by atoms with E-state index < -0.39 is 29.2 Å². The number of oxime groups is 1. The quantitative estimate of drug-likeness (QED) is 0.144. The van der Waals surface area contributed by atoms with Gasteiger partial charge in [-0.3, -0.25) is 14.5 Å². The van der Waals surface area contributed by atoms with E-state index in [0.717, 1.165) is 16.2 Å². The normalized spacial score (nSPS) is 21.6. The number of carboxylic acids is 1. The number of carboxylic acid groups (broad SMARTS) is 1. The van der Waals surface area contributed by atoms with E-state index in [9.17, 15) is 19.5 Å². The highest BCUT2D eigenvalue weighted by Crippen LogP contribution is 2.41. The Balaban J connectivity index is 1.27. The number of thiazole rings is 1. The molecule has 2 amide bonds. The first-order valence-corrected chi connectivity index (χ1v) is 13.9. The van der Waals surface area contributed by atoms with Crippen LogP contribution in [0.3, 0.4) is 0 Å². The molecule has 1 saturated heterocycles. The molecule has 2 aliphatic heterocycles. The number of pyridine rings is 1. The molecule has 1 saturated carbocycles. The summed E-state index contributed by atoms with van der Waals surface area (Å²) in [5.41, 5.74) is 6.22. The number of hydrogen-bond acceptors (Lipinski definition) is 11. The SMILES string of the molecule is CO/N=C(\C(=O)N[C@@H]1C(=O)N2C(C(=O)[O-])=C(CSc3cc[n+](C4CC4)cc3)CS[C@H]12)c1csc(N)n1. The molecule has 2 fully saturated rings. The van der Waals surface area contributed by atoms with Gasteiger partial charge in [0.15, 0.2) is 29.3 Å². The maximum atomic E-state index is 13.0. The van der Waals surface area contributed by atoms with Gasteiger partial charge in [-0.15, -0.1) is 34.9 Å². The van der Waals surface area contributed by atoms with E-state index in [1.165, 1.54) is 48.4 Å². The molecule has 14 heteroatoms. The number of nitrogens with two attached hydrogens (primary N) is 1. The molecule has 0 unspecified atom stereocenters. The van der Waals surface area contributed by atoms with Gasteiger partial charge in [-0.25, -0.2) is 9.55 Å². The van der Waals surface area contributed by atoms with Gasteiger partial charge >= 0.3 is 0 Å². The Labute approximate surface area is 218 Å². The summed E-state index contributed by atoms with van der Waals surface area (Å²) in [6.45, 7) is 0. The minimum Gasteiger partial charge on any atom is -0.543 e. The number of nitrogens with one attached hydrogen (secondary N) is 1. The fourth-order valence-corrected chi connectivity index (χ4v) is 6.91. The van der Waals surface area contributed by atoms with Crippen molar-refractivity contribution in [3.63, 3.8) is 0 Å². The highest BCUT2D eigenvalue weighted by atomic mass is 32.2. The van der Waals surface area contributed by atoms with Crippen molar-refractivity contribution in [2.75, 3.05) is 24.3 Å². The molecule has 3 N–H and O–H groups in total. The van der Waals surface area contributed by atoms with Crippen molar-refractivity contribution in [1.82, 2.24) is 15.2 Å². The van der Waals surface area contributed by atoms with Crippen molar-refractivity contribution >= 4 is 63.5 Å². The molecule has 2 atom stereocenters. The van der Waals surface area contributed by atoms with Crippen molar-refractivity contribution in [2.24, 2.45) is 5.16 Å². The van der Waals surface area contributed by atoms with E-state index >= 15 is 0 Å². The third-order valence-electron chi connectivity index (χ3n) is 5.89. The molecule has 0 aromatic carbocycles. The molecule has 11 nitrogen and oxygen atoms in total. The van der Waals surface area contributed by atoms with E-state index in [1.807, 2.05) is 24.5 Å². The Bertz CT molecular complexity index is 1270. The molecule has 5 rings (SSSR count). The molecule has 2 aromatic heterocycles. The number of aliphatic carboxylic acids is 1. The van der Waals surface area contributed by atoms with Gasteiger partial charge in [0.25, 0.3) is 11.8 Å². The predicted octanol–water partition coefficient (Wildman–Crippen LogP) is -0.106. The number of amides is 2. The second-order valence-corrected chi connectivity index (χ2v) is 11.3. The number of nitrogens with zero attached hydrogens (tertiary/aromatic N) is 4. The highest BCUT2D eigenvalue weighted by Gasteiger charge is 2.53. The highest BCUT2D eigenvalue weighted by molar-refractivity contribution is 8.01. The first-order chi connectivity index (χ1) is 17.4. The molecule has 3 aliphatic rings. The van der Waals surface area contributed by atoms with Crippen molar-refractivity contribution in [2.45, 2.75) is 35.2 Å². The number of fused-ring (bicyclic) bond motifs is 1. The number of carbonyl (C=O) groups is 3. The van der Waals surface area contributed by atoms with Crippen LogP contribution in [0.4, 0.5) is 5.13 Å². The third-order valence-corrected chi connectivity index (χ3v) is 9.00. The van der Waals surface area contributed by atoms with Crippen molar-refractivity contribution in [3.8, 4) is 0 Å². The molecular weight excluding hydrogens is 524 g/mol. The Kier molecular flexibility index (Phi) is 6.90. The molecule has 0 radical (unpaired) electrons. The van der Waals surface area contributed by atoms with Gasteiger partial charge in [-0.2, -0.15) is 0 Å². The van der Waals surface area contributed by atoms with Crippen molar-refractivity contribution in [1.29, 1.82) is 0 Å². The van der Waals surface area contributed by atoms with Gasteiger partial charge in [-0.05, 0) is 5.57 Å². The minimum atomic E-state index is -1.41. The van der Waals surface area contributed by atoms with Crippen LogP contribution in [0.25, 0.3) is 0 Å². The number of thioether (sulfide) groups is 2. The van der Waals surface area contributed by atoms with Crippen LogP contribution in [0, 0.1) is 0 Å². The lowest BCUT2D eigenvalue weighted by molar-refractivity contribution is -0.700. The number of aromatic nitrogens is 2. The van der Waals surface area contributed by atoms with Gasteiger partial charge in [0.05, 0.1) is 11.7 Å². The van der Waals surface area contributed by atoms with E-state index in [4.69, 9.17) is 10.6 Å². The standard InChI is InChI=1S/C22H22N6O5S3/c1-33-26-15(14-10-36-22(23)24-14)18(29)25-16-19(30)28-17(21(31)32)11(9-35-20(16)28)8-34-13-4-6-27(7-5-13)12-2-3-12/h4-7,10,12,16,20H,2-3,8-9H2,1H3,(H3-,23,24,25,29,31,32)/b26-15-/t16-,20-/m1/s1. The molecule has 188 valence electrons. The fourth-order valence-electron chi connectivity index (χ4n) is 3.99. The Hall–Kier alpha value is -3.10. The van der Waals surface area contributed by atoms with E-state index in [-0.39, 0.29) is 22.2 Å². The topological polar surface area (TPSA) is 154 Å². The predicted molar refractivity (Wildman–Crippen MR) is 133 cm³/mol. The summed E-state index contributed by atoms with van der Waals surface area (Å²) in [5.74, 6) is -1.80. The zero-order valence-electron chi connectivity index (χ0n) is 19.1. The smallest absolute Gasteiger partial charge is 0.276 e. The minimum absolute atomic E-state index is 0.121. The lowest BCUT2D eigenvalue weighted by atomic mass is 10.0. The van der Waals surface area contributed by atoms with Crippen LogP contribution in [0.5, 0.6) is 0 Å². The largest absolute Gasteiger partial charge is 0.543 e. The van der Waals surface area contributed by atoms with Crippen LogP contribution in [-0.4, -0.2) is 63.4 Å². The molecule has 0 bridgehead atoms. The van der Waals surface area contributed by atoms with E-state index in [0.29, 0.717) is 23.1 Å². The number of carbonyl (C=O) groups excluding carboxylic acids is 3. The zero-order valence-corrected chi connectivity index (χ0v) is 21.5. The van der Waals surface area contributed by atoms with Crippen LogP contribution < -0.4 is 20.7 Å². The van der Waals surface area contributed by atoms with Crippen LogP contribution in [0.15, 0.2) is 51.2 Å². The number of hydrogen-bond donors (Lipinski definition) is 2. The number of β-lactam (4-membered cyclic amide) rings is 1. The van der Waals surface area contributed by atoms with Crippen LogP contribution in [0.1, 0.15) is 24.6 Å². The lowest BCUT2D eigenvalue weighted by Crippen LogP contribution is -2.71. The van der Waals surface area contributed by atoms with Crippen LogP contribution >= 0.6 is 34.9 Å². The lowest BCUT2D eigenvalue weighted by Gasteiger charge is -2.50. The number of rotatable bonds is 9. The average Bonchev–Trinajstić information content (AvgIpc) is 3.64. The Morgan fingerprint density at radius 1 is 1.39 bits per heavy atom. The summed E-state index contributed by atoms with van der Waals surface area (Å²) < 4.78 is 2.18. The van der Waals surface area contributed by atoms with Crippen LogP contribution in [-0.2, 0) is 19.2 Å². The second-order valence-electron chi connectivity index (χ2n) is 8.29. The second kappa shape index (κ2) is 10.1. The average molecular weight is 547 g/mol. The summed E-state index contributed by atoms with van der Waals surface area (Å²) in [4.78, 5) is 48.8. The van der Waals surface area contributed by atoms with Gasteiger partial charge in [-0.1, -0.05) is 5.16 Å². The van der Waals surface area contributed by atoms with Crippen molar-refractivity contribution < 1.29 is 28.9 Å². The van der Waals surface area contributed by atoms with Gasteiger partial charge < -0.3 is 25.8 Å². The zero-order chi connectivity index (χ0) is 25.4. The fraction of sp³-hybridized carbons (Fsp3) is 0.364. The summed E-state index contributed by atoms with van der Waals surface area (Å²) in [6.07, 6.45) is 6.46. The first-order valence-electron chi connectivity index (χ1n) is 11.0. The molecule has 4 heterocycles. The maximum absolute atomic E-state index is 13.0. The summed E-state index contributed by atoms with van der Waals surface area (Å²) in [5, 5.41) is 19.6. The summed E-state index contributed by atoms with van der Waals surface area (Å²) in [7, 11) is 1.28. The van der Waals surface area contributed by atoms with Crippen LogP contribution in [0.2, 0.25) is 0 Å². The van der Waals surface area contributed by atoms with Gasteiger partial charge in [0.2, 0.25) is 0 Å². The van der Waals surface area contributed by atoms with Gasteiger partial charge in [0.1, 0.15) is 24.2 Å². The summed E-state index contributed by atoms with van der Waals surface area (Å²) >= 11 is 4.03. The molecule has 0 spiro atoms. The number of nitrogen functional groups attached to an aromatic ring is 1. The maximum Gasteiger partial charge on any atom is 0.276 e. The molecule has 36 heavy (non-hydrogen) atoms. The molecule has 2 aromatic rings. The van der Waals surface area contributed by atoms with E-state index in [1.54, 1.807) is 5.38 Å². The summed E-state index contributed by atoms with van der Waals surface area (Å²) in [6, 6.07) is 3.69. The monoisotopic (exact) mass is 546 g/mol. The van der Waals surface area contributed by atoms with Crippen molar-refractivity contribution in [3.05, 3.63) is 46.9 Å². The Morgan fingerprint density at radius 3 is 2.75 bits per heavy atom. The molecular formula is C22H22N6O5S3. The van der Waals surface area contributed by atoms with Gasteiger partial charge in [0, 0.05) is 46.8 Å². The number of anilines is 1. The first kappa shape index (κ1) is 24.6. The molecule has 1 aliphatic carbocycles.